The second-order valence-corrected chi connectivity index (χ2v) is 6.21. The Bertz CT molecular complexity index is 895. The van der Waals surface area contributed by atoms with Crippen molar-refractivity contribution >= 4 is 29.2 Å². The molecular formula is C19H18ClN3O3. The number of allylic oxidation sites excluding steroid dienone is 1. The molecule has 0 fully saturated rings. The molecule has 7 heteroatoms. The van der Waals surface area contributed by atoms with Crippen molar-refractivity contribution in [3.63, 3.8) is 0 Å². The SMILES string of the molecule is COc1ccccc1C1NC(=O)NC(C)=C1C(=O)Nc1cccc(Cl)c1. The van der Waals surface area contributed by atoms with Gasteiger partial charge in [-0.25, -0.2) is 4.79 Å². The minimum absolute atomic E-state index is 0.340. The summed E-state index contributed by atoms with van der Waals surface area (Å²) >= 11 is 5.98. The first-order valence-electron chi connectivity index (χ1n) is 7.97. The first kappa shape index (κ1) is 17.8. The van der Waals surface area contributed by atoms with Crippen LogP contribution in [0.5, 0.6) is 5.75 Å². The van der Waals surface area contributed by atoms with E-state index in [-0.39, 0.29) is 11.9 Å². The van der Waals surface area contributed by atoms with Crippen LogP contribution in [0, 0.1) is 0 Å². The van der Waals surface area contributed by atoms with Crippen molar-refractivity contribution in [2.24, 2.45) is 0 Å². The van der Waals surface area contributed by atoms with Crippen molar-refractivity contribution in [3.05, 3.63) is 70.4 Å². The van der Waals surface area contributed by atoms with E-state index in [2.05, 4.69) is 16.0 Å². The Morgan fingerprint density at radius 2 is 1.96 bits per heavy atom. The van der Waals surface area contributed by atoms with E-state index in [9.17, 15) is 9.59 Å². The van der Waals surface area contributed by atoms with E-state index in [0.29, 0.717) is 33.3 Å². The minimum atomic E-state index is -0.640. The van der Waals surface area contributed by atoms with Crippen LogP contribution in [0.4, 0.5) is 10.5 Å². The van der Waals surface area contributed by atoms with E-state index in [1.165, 1.54) is 0 Å². The highest BCUT2D eigenvalue weighted by molar-refractivity contribution is 6.31. The summed E-state index contributed by atoms with van der Waals surface area (Å²) in [6.45, 7) is 1.69. The first-order valence-corrected chi connectivity index (χ1v) is 8.35. The molecule has 134 valence electrons. The average Bonchev–Trinajstić information content (AvgIpc) is 2.60. The van der Waals surface area contributed by atoms with Crippen LogP contribution in [0.25, 0.3) is 0 Å². The number of anilines is 1. The van der Waals surface area contributed by atoms with Crippen molar-refractivity contribution in [2.75, 3.05) is 12.4 Å². The molecule has 0 radical (unpaired) electrons. The fourth-order valence-electron chi connectivity index (χ4n) is 2.90. The molecule has 0 aromatic heterocycles. The fourth-order valence-corrected chi connectivity index (χ4v) is 3.09. The summed E-state index contributed by atoms with van der Waals surface area (Å²) in [6, 6.07) is 13.1. The second-order valence-electron chi connectivity index (χ2n) is 5.78. The van der Waals surface area contributed by atoms with Crippen molar-refractivity contribution in [2.45, 2.75) is 13.0 Å². The maximum Gasteiger partial charge on any atom is 0.319 e. The summed E-state index contributed by atoms with van der Waals surface area (Å²) in [5, 5.41) is 8.78. The largest absolute Gasteiger partial charge is 0.496 e. The van der Waals surface area contributed by atoms with E-state index in [4.69, 9.17) is 16.3 Å². The molecule has 0 bridgehead atoms. The number of carbonyl (C=O) groups is 2. The number of hydrogen-bond acceptors (Lipinski definition) is 3. The molecule has 1 unspecified atom stereocenters. The van der Waals surface area contributed by atoms with E-state index >= 15 is 0 Å². The molecule has 26 heavy (non-hydrogen) atoms. The number of halogens is 1. The lowest BCUT2D eigenvalue weighted by Gasteiger charge is -2.29. The van der Waals surface area contributed by atoms with Crippen LogP contribution < -0.4 is 20.7 Å². The van der Waals surface area contributed by atoms with Gasteiger partial charge in [-0.05, 0) is 31.2 Å². The van der Waals surface area contributed by atoms with E-state index in [1.807, 2.05) is 18.2 Å². The number of nitrogens with one attached hydrogen (secondary N) is 3. The number of methoxy groups -OCH3 is 1. The molecule has 1 atom stereocenters. The molecule has 1 aliphatic heterocycles. The highest BCUT2D eigenvalue weighted by Crippen LogP contribution is 2.33. The highest BCUT2D eigenvalue weighted by Gasteiger charge is 2.32. The quantitative estimate of drug-likeness (QED) is 0.768. The number of para-hydroxylation sites is 1. The predicted octanol–water partition coefficient (Wildman–Crippen LogP) is 3.62. The molecular weight excluding hydrogens is 354 g/mol. The third-order valence-electron chi connectivity index (χ3n) is 4.05. The molecule has 6 nitrogen and oxygen atoms in total. The van der Waals surface area contributed by atoms with Gasteiger partial charge in [-0.2, -0.15) is 0 Å². The lowest BCUT2D eigenvalue weighted by molar-refractivity contribution is -0.113. The number of benzene rings is 2. The van der Waals surface area contributed by atoms with Gasteiger partial charge in [-0.15, -0.1) is 0 Å². The molecule has 1 heterocycles. The average molecular weight is 372 g/mol. The second kappa shape index (κ2) is 7.49. The first-order chi connectivity index (χ1) is 12.5. The molecule has 3 amide bonds. The van der Waals surface area contributed by atoms with Crippen LogP contribution in [-0.4, -0.2) is 19.0 Å². The highest BCUT2D eigenvalue weighted by atomic mass is 35.5. The monoisotopic (exact) mass is 371 g/mol. The molecule has 2 aromatic carbocycles. The van der Waals surface area contributed by atoms with Crippen LogP contribution in [-0.2, 0) is 4.79 Å². The normalized spacial score (nSPS) is 16.6. The number of urea groups is 1. The number of ether oxygens (including phenoxy) is 1. The Kier molecular flexibility index (Phi) is 5.14. The van der Waals surface area contributed by atoms with Gasteiger partial charge >= 0.3 is 6.03 Å². The third kappa shape index (κ3) is 3.65. The smallest absolute Gasteiger partial charge is 0.319 e. The molecule has 1 aliphatic rings. The predicted molar refractivity (Wildman–Crippen MR) is 100 cm³/mol. The van der Waals surface area contributed by atoms with E-state index in [0.717, 1.165) is 0 Å². The van der Waals surface area contributed by atoms with Gasteiger partial charge in [0.15, 0.2) is 0 Å². The third-order valence-corrected chi connectivity index (χ3v) is 4.28. The molecule has 2 aromatic rings. The molecule has 0 saturated heterocycles. The van der Waals surface area contributed by atoms with Crippen LogP contribution in [0.2, 0.25) is 5.02 Å². The van der Waals surface area contributed by atoms with Crippen LogP contribution in [0.3, 0.4) is 0 Å². The topological polar surface area (TPSA) is 79.5 Å². The lowest BCUT2D eigenvalue weighted by Crippen LogP contribution is -2.46. The Balaban J connectivity index is 1.99. The van der Waals surface area contributed by atoms with Gasteiger partial charge in [0.1, 0.15) is 5.75 Å². The van der Waals surface area contributed by atoms with Gasteiger partial charge in [-0.1, -0.05) is 35.9 Å². The summed E-state index contributed by atoms with van der Waals surface area (Å²) in [6.07, 6.45) is 0. The Morgan fingerprint density at radius 3 is 2.69 bits per heavy atom. The summed E-state index contributed by atoms with van der Waals surface area (Å²) in [5.74, 6) is 0.244. The molecule has 3 rings (SSSR count). The van der Waals surface area contributed by atoms with Crippen molar-refractivity contribution < 1.29 is 14.3 Å². The minimum Gasteiger partial charge on any atom is -0.496 e. The molecule has 0 saturated carbocycles. The maximum atomic E-state index is 12.9. The number of carbonyl (C=O) groups excluding carboxylic acids is 2. The summed E-state index contributed by atoms with van der Waals surface area (Å²) in [5.41, 5.74) is 2.14. The maximum absolute atomic E-state index is 12.9. The Labute approximate surface area is 156 Å². The van der Waals surface area contributed by atoms with Gasteiger partial charge in [-0.3, -0.25) is 4.79 Å². The van der Waals surface area contributed by atoms with Crippen molar-refractivity contribution in [1.82, 2.24) is 10.6 Å². The number of amides is 3. The Hall–Kier alpha value is -2.99. The van der Waals surface area contributed by atoms with Gasteiger partial charge in [0.05, 0.1) is 18.7 Å². The zero-order valence-corrected chi connectivity index (χ0v) is 15.1. The molecule has 0 aliphatic carbocycles. The van der Waals surface area contributed by atoms with Gasteiger partial charge < -0.3 is 20.7 Å². The van der Waals surface area contributed by atoms with Crippen LogP contribution in [0.1, 0.15) is 18.5 Å². The van der Waals surface area contributed by atoms with Crippen LogP contribution >= 0.6 is 11.6 Å². The number of hydrogen-bond donors (Lipinski definition) is 3. The van der Waals surface area contributed by atoms with Crippen molar-refractivity contribution in [3.8, 4) is 5.75 Å². The van der Waals surface area contributed by atoms with E-state index < -0.39 is 6.04 Å². The zero-order valence-electron chi connectivity index (χ0n) is 14.3. The lowest BCUT2D eigenvalue weighted by atomic mass is 9.94. The summed E-state index contributed by atoms with van der Waals surface area (Å²) in [4.78, 5) is 24.9. The Morgan fingerprint density at radius 1 is 1.19 bits per heavy atom. The molecule has 3 N–H and O–H groups in total. The van der Waals surface area contributed by atoms with E-state index in [1.54, 1.807) is 44.4 Å². The summed E-state index contributed by atoms with van der Waals surface area (Å²) < 4.78 is 5.39. The van der Waals surface area contributed by atoms with Gasteiger partial charge in [0.2, 0.25) is 0 Å². The van der Waals surface area contributed by atoms with Gasteiger partial charge in [0, 0.05) is 22.0 Å². The fraction of sp³-hybridized carbons (Fsp3) is 0.158. The van der Waals surface area contributed by atoms with Crippen molar-refractivity contribution in [1.29, 1.82) is 0 Å². The number of rotatable bonds is 4. The van der Waals surface area contributed by atoms with Gasteiger partial charge in [0.25, 0.3) is 5.91 Å². The molecule has 0 spiro atoms. The standard InChI is InChI=1S/C19H18ClN3O3/c1-11-16(18(24)22-13-7-5-6-12(20)10-13)17(23-19(25)21-11)14-8-3-4-9-15(14)26-2/h3-10,17H,1-2H3,(H,22,24)(H2,21,23,25). The summed E-state index contributed by atoms with van der Waals surface area (Å²) in [7, 11) is 1.55. The van der Waals surface area contributed by atoms with Crippen LogP contribution in [0.15, 0.2) is 59.8 Å². The zero-order chi connectivity index (χ0) is 18.7.